The van der Waals surface area contributed by atoms with Crippen LogP contribution in [0.2, 0.25) is 0 Å². The molecule has 3 atom stereocenters. The Hall–Kier alpha value is 0.620. The summed E-state index contributed by atoms with van der Waals surface area (Å²) in [6, 6.07) is 0.423. The van der Waals surface area contributed by atoms with E-state index in [-0.39, 0.29) is 5.37 Å². The molecule has 2 nitrogen and oxygen atoms in total. The standard InChI is InChI=1S/C4H9NOS2/c1-6-5-3(2-7)4(5)8/h3-4,7-8H,2H2,1H3. The predicted molar refractivity (Wildman–Crippen MR) is 39.3 cm³/mol. The molecule has 1 aliphatic rings. The van der Waals surface area contributed by atoms with E-state index in [2.05, 4.69) is 25.3 Å². The van der Waals surface area contributed by atoms with Crippen molar-refractivity contribution in [2.75, 3.05) is 12.9 Å². The summed E-state index contributed by atoms with van der Waals surface area (Å²) in [5.74, 6) is 0.821. The number of hydrogen-bond donors (Lipinski definition) is 2. The van der Waals surface area contributed by atoms with Crippen LogP contribution in [-0.4, -0.2) is 29.3 Å². The van der Waals surface area contributed by atoms with Crippen molar-refractivity contribution in [2.45, 2.75) is 11.4 Å². The van der Waals surface area contributed by atoms with Crippen LogP contribution in [-0.2, 0) is 4.84 Å². The van der Waals surface area contributed by atoms with E-state index in [1.54, 1.807) is 12.2 Å². The molecule has 0 aliphatic carbocycles. The third kappa shape index (κ3) is 0.978. The maximum Gasteiger partial charge on any atom is 0.0967 e. The predicted octanol–water partition coefficient (Wildman–Crippen LogP) is 0.418. The molecule has 1 aliphatic heterocycles. The number of nitrogens with zero attached hydrogens (tertiary/aromatic N) is 1. The Morgan fingerprint density at radius 3 is 2.50 bits per heavy atom. The fourth-order valence-electron chi connectivity index (χ4n) is 0.662. The van der Waals surface area contributed by atoms with Crippen LogP contribution in [0.25, 0.3) is 0 Å². The van der Waals surface area contributed by atoms with Gasteiger partial charge in [-0.05, 0) is 0 Å². The van der Waals surface area contributed by atoms with E-state index in [9.17, 15) is 0 Å². The van der Waals surface area contributed by atoms with Gasteiger partial charge < -0.3 is 4.84 Å². The van der Waals surface area contributed by atoms with Crippen molar-refractivity contribution in [1.29, 1.82) is 0 Å². The maximum absolute atomic E-state index is 4.88. The smallest absolute Gasteiger partial charge is 0.0967 e. The second-order valence-electron chi connectivity index (χ2n) is 1.71. The Balaban J connectivity index is 2.23. The molecule has 1 rings (SSSR count). The monoisotopic (exact) mass is 151 g/mol. The first-order valence-electron chi connectivity index (χ1n) is 2.42. The maximum atomic E-state index is 4.88. The first-order valence-corrected chi connectivity index (χ1v) is 3.57. The van der Waals surface area contributed by atoms with Crippen LogP contribution in [0.4, 0.5) is 0 Å². The van der Waals surface area contributed by atoms with E-state index in [4.69, 9.17) is 4.84 Å². The molecule has 8 heavy (non-hydrogen) atoms. The van der Waals surface area contributed by atoms with Gasteiger partial charge in [0.15, 0.2) is 0 Å². The average molecular weight is 151 g/mol. The van der Waals surface area contributed by atoms with Crippen LogP contribution in [0.15, 0.2) is 0 Å². The molecule has 0 spiro atoms. The summed E-state index contributed by atoms with van der Waals surface area (Å²) in [4.78, 5) is 4.88. The van der Waals surface area contributed by atoms with E-state index >= 15 is 0 Å². The zero-order valence-corrected chi connectivity index (χ0v) is 6.40. The number of thiol groups is 2. The van der Waals surface area contributed by atoms with E-state index < -0.39 is 0 Å². The van der Waals surface area contributed by atoms with Gasteiger partial charge in [-0.1, -0.05) is 0 Å². The van der Waals surface area contributed by atoms with Crippen molar-refractivity contribution in [1.82, 2.24) is 5.06 Å². The molecular weight excluding hydrogens is 142 g/mol. The third-order valence-corrected chi connectivity index (χ3v) is 2.19. The van der Waals surface area contributed by atoms with Crippen LogP contribution < -0.4 is 0 Å². The molecule has 0 aromatic heterocycles. The van der Waals surface area contributed by atoms with Gasteiger partial charge in [0, 0.05) is 5.75 Å². The molecule has 0 bridgehead atoms. The van der Waals surface area contributed by atoms with E-state index in [0.29, 0.717) is 6.04 Å². The van der Waals surface area contributed by atoms with E-state index in [1.807, 2.05) is 0 Å². The zero-order valence-electron chi connectivity index (χ0n) is 4.61. The molecule has 1 heterocycles. The molecule has 4 heteroatoms. The van der Waals surface area contributed by atoms with Gasteiger partial charge in [-0.15, -0.1) is 0 Å². The quantitative estimate of drug-likeness (QED) is 0.438. The largest absolute Gasteiger partial charge is 0.301 e. The molecule has 48 valence electrons. The van der Waals surface area contributed by atoms with E-state index in [0.717, 1.165) is 5.75 Å². The van der Waals surface area contributed by atoms with Gasteiger partial charge in [-0.2, -0.15) is 30.3 Å². The molecule has 0 saturated carbocycles. The minimum atomic E-state index is 0.275. The highest BCUT2D eigenvalue weighted by Gasteiger charge is 2.44. The molecular formula is C4H9NOS2. The summed E-state index contributed by atoms with van der Waals surface area (Å²) in [7, 11) is 1.65. The van der Waals surface area contributed by atoms with Gasteiger partial charge in [0.05, 0.1) is 18.5 Å². The van der Waals surface area contributed by atoms with E-state index in [1.165, 1.54) is 0 Å². The lowest BCUT2D eigenvalue weighted by atomic mass is 10.6. The molecule has 1 saturated heterocycles. The average Bonchev–Trinajstić information content (AvgIpc) is 2.40. The van der Waals surface area contributed by atoms with Crippen molar-refractivity contribution < 1.29 is 4.84 Å². The Labute approximate surface area is 60.0 Å². The van der Waals surface area contributed by atoms with Crippen LogP contribution in [0.1, 0.15) is 0 Å². The van der Waals surface area contributed by atoms with Crippen molar-refractivity contribution >= 4 is 25.3 Å². The van der Waals surface area contributed by atoms with Crippen LogP contribution in [0.5, 0.6) is 0 Å². The van der Waals surface area contributed by atoms with Gasteiger partial charge >= 0.3 is 0 Å². The number of rotatable bonds is 2. The minimum Gasteiger partial charge on any atom is -0.301 e. The molecule has 3 unspecified atom stereocenters. The fraction of sp³-hybridized carbons (Fsp3) is 1.00. The molecule has 0 N–H and O–H groups in total. The summed E-state index contributed by atoms with van der Waals surface area (Å²) in [6.45, 7) is 0. The summed E-state index contributed by atoms with van der Waals surface area (Å²) in [6.07, 6.45) is 0. The van der Waals surface area contributed by atoms with Gasteiger partial charge in [0.25, 0.3) is 0 Å². The summed E-state index contributed by atoms with van der Waals surface area (Å²) in [5.41, 5.74) is 0. The van der Waals surface area contributed by atoms with Crippen LogP contribution >= 0.6 is 25.3 Å². The fourth-order valence-corrected chi connectivity index (χ4v) is 1.61. The Kier molecular flexibility index (Phi) is 2.08. The lowest BCUT2D eigenvalue weighted by molar-refractivity contribution is -0.0378. The molecule has 0 amide bonds. The van der Waals surface area contributed by atoms with Gasteiger partial charge in [0.1, 0.15) is 0 Å². The van der Waals surface area contributed by atoms with Crippen molar-refractivity contribution in [2.24, 2.45) is 0 Å². The van der Waals surface area contributed by atoms with Crippen molar-refractivity contribution in [3.63, 3.8) is 0 Å². The topological polar surface area (TPSA) is 12.2 Å². The Morgan fingerprint density at radius 2 is 2.38 bits per heavy atom. The minimum absolute atomic E-state index is 0.275. The second-order valence-corrected chi connectivity index (χ2v) is 2.60. The van der Waals surface area contributed by atoms with Crippen molar-refractivity contribution in [3.8, 4) is 0 Å². The Morgan fingerprint density at radius 1 is 1.75 bits per heavy atom. The first-order chi connectivity index (χ1) is 3.81. The molecule has 1 fully saturated rings. The first kappa shape index (κ1) is 6.74. The molecule has 0 radical (unpaired) electrons. The van der Waals surface area contributed by atoms with Crippen LogP contribution in [0, 0.1) is 0 Å². The number of hydrogen-bond acceptors (Lipinski definition) is 4. The summed E-state index contributed by atoms with van der Waals surface area (Å²) >= 11 is 8.26. The SMILES string of the molecule is CON1C(S)C1CS. The third-order valence-electron chi connectivity index (χ3n) is 1.24. The van der Waals surface area contributed by atoms with Gasteiger partial charge in [0.2, 0.25) is 0 Å². The van der Waals surface area contributed by atoms with Crippen LogP contribution in [0.3, 0.4) is 0 Å². The summed E-state index contributed by atoms with van der Waals surface area (Å²) < 4.78 is 0. The normalized spacial score (nSPS) is 44.6. The highest BCUT2D eigenvalue weighted by molar-refractivity contribution is 7.82. The molecule has 0 aromatic carbocycles. The van der Waals surface area contributed by atoms with Gasteiger partial charge in [-0.3, -0.25) is 0 Å². The number of hydroxylamine groups is 2. The zero-order chi connectivity index (χ0) is 6.15. The van der Waals surface area contributed by atoms with Crippen molar-refractivity contribution in [3.05, 3.63) is 0 Å². The van der Waals surface area contributed by atoms with Gasteiger partial charge in [-0.25, -0.2) is 0 Å². The lowest BCUT2D eigenvalue weighted by Gasteiger charge is -1.92. The summed E-state index contributed by atoms with van der Waals surface area (Å²) in [5, 5.41) is 2.08. The highest BCUT2D eigenvalue weighted by atomic mass is 32.1. The lowest BCUT2D eigenvalue weighted by Crippen LogP contribution is -1.99. The highest BCUT2D eigenvalue weighted by Crippen LogP contribution is 2.31. The second kappa shape index (κ2) is 2.47. The Bertz CT molecular complexity index is 80.1. The molecule has 0 aromatic rings.